The number of nitrogens with one attached hydrogen (secondary N) is 3. The van der Waals surface area contributed by atoms with Crippen molar-refractivity contribution in [2.24, 2.45) is 7.05 Å². The summed E-state index contributed by atoms with van der Waals surface area (Å²) in [5, 5.41) is 32.6. The number of rotatable bonds is 7. The van der Waals surface area contributed by atoms with Crippen molar-refractivity contribution in [2.45, 2.75) is 26.1 Å². The molecule has 4 aromatic heterocycles. The minimum absolute atomic E-state index is 0.357. The maximum absolute atomic E-state index is 10.6. The van der Waals surface area contributed by atoms with Crippen LogP contribution in [0, 0.1) is 12.3 Å². The van der Waals surface area contributed by atoms with Gasteiger partial charge in [-0.25, -0.2) is 9.97 Å². The van der Waals surface area contributed by atoms with Crippen LogP contribution in [0.1, 0.15) is 38.8 Å². The van der Waals surface area contributed by atoms with Gasteiger partial charge in [0.1, 0.15) is 11.2 Å². The number of fused-ring (bicyclic) bond motifs is 1. The number of aromatic nitrogens is 6. The third-order valence-corrected chi connectivity index (χ3v) is 6.24. The van der Waals surface area contributed by atoms with Crippen LogP contribution in [-0.4, -0.2) is 41.3 Å². The lowest BCUT2D eigenvalue weighted by molar-refractivity contribution is 0.129. The highest BCUT2D eigenvalue weighted by atomic mass is 32.1. The number of thiazole rings is 2. The van der Waals surface area contributed by atoms with Crippen molar-refractivity contribution >= 4 is 39.2 Å². The molecule has 9 nitrogen and oxygen atoms in total. The van der Waals surface area contributed by atoms with E-state index in [1.165, 1.54) is 22.4 Å². The molecule has 0 amide bonds. The van der Waals surface area contributed by atoms with Crippen LogP contribution in [0.15, 0.2) is 11.7 Å². The number of nitrogens with zero attached hydrogens (tertiary/aromatic N) is 5. The van der Waals surface area contributed by atoms with Crippen molar-refractivity contribution in [2.75, 3.05) is 0 Å². The number of hydrogen-bond acceptors (Lipinski definition) is 9. The summed E-state index contributed by atoms with van der Waals surface area (Å²) in [6.07, 6.45) is 2.66. The smallest absolute Gasteiger partial charge is 0.152 e. The summed E-state index contributed by atoms with van der Waals surface area (Å²) < 4.78 is 2.73. The molecule has 0 spiro atoms. The third kappa shape index (κ3) is 3.30. The van der Waals surface area contributed by atoms with E-state index in [1.54, 1.807) is 17.5 Å². The fourth-order valence-corrected chi connectivity index (χ4v) is 4.69. The molecule has 0 bridgehead atoms. The lowest BCUT2D eigenvalue weighted by atomic mass is 10.2. The molecule has 4 N–H and O–H groups in total. The van der Waals surface area contributed by atoms with Gasteiger partial charge in [-0.05, 0) is 6.92 Å². The minimum atomic E-state index is -0.950. The van der Waals surface area contributed by atoms with Gasteiger partial charge in [-0.15, -0.1) is 27.8 Å². The number of aliphatic hydroxyl groups excluding tert-OH is 1. The lowest BCUT2D eigenvalue weighted by Gasteiger charge is -2.14. The van der Waals surface area contributed by atoms with Crippen LogP contribution in [0.3, 0.4) is 0 Å². The van der Waals surface area contributed by atoms with Gasteiger partial charge in [0.15, 0.2) is 5.65 Å². The topological polar surface area (TPSA) is 128 Å². The first-order valence-corrected chi connectivity index (χ1v) is 9.92. The summed E-state index contributed by atoms with van der Waals surface area (Å²) >= 11 is 3.16. The van der Waals surface area contributed by atoms with E-state index in [1.807, 2.05) is 17.1 Å². The van der Waals surface area contributed by atoms with Crippen molar-refractivity contribution in [1.82, 2.24) is 35.3 Å². The molecule has 27 heavy (non-hydrogen) atoms. The highest BCUT2D eigenvalue weighted by molar-refractivity contribution is 7.19. The standard InChI is InChI=1S/C16H18N8OS2/c1-8-11(19-7-26-8)3-12-21-15-14(27-12)10(4-17)13(24(15)2)16(25)18-5-9-6-20-23-22-9/h4,6-7,16-18,25H,3,5H2,1-2H3,(H,20,22,23). The van der Waals surface area contributed by atoms with Crippen LogP contribution in [0.4, 0.5) is 0 Å². The Morgan fingerprint density at radius 2 is 2.33 bits per heavy atom. The number of H-pyrrole nitrogens is 1. The maximum atomic E-state index is 10.6. The van der Waals surface area contributed by atoms with Gasteiger partial charge in [0, 0.05) is 42.9 Å². The Hall–Kier alpha value is -2.47. The zero-order valence-corrected chi connectivity index (χ0v) is 16.4. The highest BCUT2D eigenvalue weighted by Gasteiger charge is 2.23. The van der Waals surface area contributed by atoms with Crippen molar-refractivity contribution in [1.29, 1.82) is 5.41 Å². The lowest BCUT2D eigenvalue weighted by Crippen LogP contribution is -2.23. The molecular formula is C16H18N8OS2. The summed E-state index contributed by atoms with van der Waals surface area (Å²) in [7, 11) is 1.85. The molecule has 140 valence electrons. The van der Waals surface area contributed by atoms with E-state index in [9.17, 15) is 5.11 Å². The van der Waals surface area contributed by atoms with Gasteiger partial charge in [0.05, 0.1) is 27.3 Å². The van der Waals surface area contributed by atoms with Gasteiger partial charge in [0.25, 0.3) is 0 Å². The van der Waals surface area contributed by atoms with Crippen LogP contribution < -0.4 is 5.32 Å². The zero-order valence-electron chi connectivity index (χ0n) is 14.7. The molecular weight excluding hydrogens is 384 g/mol. The molecule has 0 aromatic carbocycles. The van der Waals surface area contributed by atoms with E-state index in [-0.39, 0.29) is 0 Å². The first kappa shape index (κ1) is 17.9. The maximum Gasteiger partial charge on any atom is 0.152 e. The van der Waals surface area contributed by atoms with E-state index in [0.29, 0.717) is 29.9 Å². The van der Waals surface area contributed by atoms with Crippen LogP contribution in [0.25, 0.3) is 10.3 Å². The van der Waals surface area contributed by atoms with Crippen molar-refractivity contribution in [3.63, 3.8) is 0 Å². The average Bonchev–Trinajstić information content (AvgIpc) is 3.41. The Morgan fingerprint density at radius 3 is 3.00 bits per heavy atom. The fourth-order valence-electron chi connectivity index (χ4n) is 2.97. The van der Waals surface area contributed by atoms with Gasteiger partial charge in [-0.2, -0.15) is 0 Å². The summed E-state index contributed by atoms with van der Waals surface area (Å²) in [6.45, 7) is 2.41. The normalized spacial score (nSPS) is 12.7. The third-order valence-electron chi connectivity index (χ3n) is 4.36. The predicted octanol–water partition coefficient (Wildman–Crippen LogP) is 1.89. The van der Waals surface area contributed by atoms with Gasteiger partial charge >= 0.3 is 0 Å². The molecule has 1 atom stereocenters. The van der Waals surface area contributed by atoms with Crippen LogP contribution >= 0.6 is 22.7 Å². The summed E-state index contributed by atoms with van der Waals surface area (Å²) in [5.41, 5.74) is 5.62. The molecule has 4 heterocycles. The molecule has 0 fully saturated rings. The van der Waals surface area contributed by atoms with Crippen LogP contribution in [0.5, 0.6) is 0 Å². The summed E-state index contributed by atoms with van der Waals surface area (Å²) in [5.74, 6) is 0. The minimum Gasteiger partial charge on any atom is -0.373 e. The van der Waals surface area contributed by atoms with E-state index >= 15 is 0 Å². The number of hydrogen-bond donors (Lipinski definition) is 4. The Kier molecular flexibility index (Phi) is 4.83. The second kappa shape index (κ2) is 7.27. The van der Waals surface area contributed by atoms with Gasteiger partial charge in [0.2, 0.25) is 0 Å². The molecule has 0 aliphatic carbocycles. The highest BCUT2D eigenvalue weighted by Crippen LogP contribution is 2.33. The zero-order chi connectivity index (χ0) is 19.0. The Balaban J connectivity index is 1.63. The second-order valence-electron chi connectivity index (χ2n) is 6.04. The Morgan fingerprint density at radius 1 is 1.48 bits per heavy atom. The molecule has 1 unspecified atom stereocenters. The molecule has 0 saturated carbocycles. The number of aliphatic hydroxyl groups is 1. The quantitative estimate of drug-likeness (QED) is 0.276. The predicted molar refractivity (Wildman–Crippen MR) is 104 cm³/mol. The number of aromatic amines is 1. The molecule has 4 rings (SSSR count). The van der Waals surface area contributed by atoms with Crippen molar-refractivity contribution < 1.29 is 5.11 Å². The summed E-state index contributed by atoms with van der Waals surface area (Å²) in [6, 6.07) is 0. The van der Waals surface area contributed by atoms with Crippen LogP contribution in [-0.2, 0) is 20.0 Å². The summed E-state index contributed by atoms with van der Waals surface area (Å²) in [4.78, 5) is 10.3. The van der Waals surface area contributed by atoms with Gasteiger partial charge < -0.3 is 15.1 Å². The van der Waals surface area contributed by atoms with Crippen molar-refractivity contribution in [3.8, 4) is 0 Å². The molecule has 0 aliphatic heterocycles. The largest absolute Gasteiger partial charge is 0.373 e. The van der Waals surface area contributed by atoms with Crippen molar-refractivity contribution in [3.05, 3.63) is 44.2 Å². The molecule has 0 saturated heterocycles. The van der Waals surface area contributed by atoms with Gasteiger partial charge in [-0.1, -0.05) is 5.21 Å². The van der Waals surface area contributed by atoms with E-state index in [4.69, 9.17) is 10.4 Å². The van der Waals surface area contributed by atoms with E-state index in [0.717, 1.165) is 21.0 Å². The molecule has 4 aromatic rings. The van der Waals surface area contributed by atoms with E-state index < -0.39 is 6.23 Å². The Bertz CT molecular complexity index is 1080. The van der Waals surface area contributed by atoms with E-state index in [2.05, 4.69) is 32.6 Å². The van der Waals surface area contributed by atoms with Crippen LogP contribution in [0.2, 0.25) is 0 Å². The Labute approximate surface area is 162 Å². The average molecular weight is 403 g/mol. The fraction of sp³-hybridized carbons (Fsp3) is 0.312. The second-order valence-corrected chi connectivity index (χ2v) is 8.19. The monoisotopic (exact) mass is 402 g/mol. The van der Waals surface area contributed by atoms with Gasteiger partial charge in [-0.3, -0.25) is 10.4 Å². The molecule has 0 radical (unpaired) electrons. The number of aryl methyl sites for hydroxylation is 2. The first-order chi connectivity index (χ1) is 13.1. The molecule has 0 aliphatic rings. The SMILES string of the molecule is Cc1scnc1Cc1nc2c(s1)c(C=N)c(C(O)NCc1c[nH]nn1)n2C. The first-order valence-electron chi connectivity index (χ1n) is 8.22. The molecule has 11 heteroatoms.